The van der Waals surface area contributed by atoms with Crippen molar-refractivity contribution in [2.24, 2.45) is 5.41 Å². The zero-order valence-corrected chi connectivity index (χ0v) is 26.2. The highest BCUT2D eigenvalue weighted by molar-refractivity contribution is 6.74. The summed E-state index contributed by atoms with van der Waals surface area (Å²) < 4.78 is 25.7. The molecule has 7 nitrogen and oxygen atoms in total. The van der Waals surface area contributed by atoms with Crippen molar-refractivity contribution >= 4 is 20.2 Å². The van der Waals surface area contributed by atoms with E-state index >= 15 is 0 Å². The fourth-order valence-electron chi connectivity index (χ4n) is 5.27. The number of ether oxygens (including phenoxy) is 3. The molecule has 0 bridgehead atoms. The minimum atomic E-state index is -2.29. The van der Waals surface area contributed by atoms with E-state index in [1.165, 1.54) is 0 Å². The van der Waals surface area contributed by atoms with E-state index in [1.54, 1.807) is 4.90 Å². The first kappa shape index (κ1) is 30.1. The molecule has 210 valence electrons. The fraction of sp³-hybridized carbons (Fsp3) is 0.793. The van der Waals surface area contributed by atoms with Gasteiger partial charge in [-0.1, -0.05) is 20.8 Å². The van der Waals surface area contributed by atoms with Crippen molar-refractivity contribution in [1.29, 1.82) is 0 Å². The topological polar surface area (TPSA) is 74.3 Å². The van der Waals surface area contributed by atoms with Crippen molar-refractivity contribution in [1.82, 2.24) is 4.90 Å². The normalized spacial score (nSPS) is 24.2. The molecule has 1 atom stereocenters. The molecule has 1 unspecified atom stereocenters. The largest absolute Gasteiger partial charge is 0.415 e. The van der Waals surface area contributed by atoms with Gasteiger partial charge in [0.05, 0.1) is 13.2 Å². The minimum Gasteiger partial charge on any atom is -0.412 e. The molecule has 1 saturated heterocycles. The lowest BCUT2D eigenvalue weighted by Gasteiger charge is -2.46. The van der Waals surface area contributed by atoms with Crippen LogP contribution in [0.15, 0.2) is 22.5 Å². The molecule has 2 aliphatic carbocycles. The maximum absolute atomic E-state index is 13.6. The van der Waals surface area contributed by atoms with Gasteiger partial charge in [-0.2, -0.15) is 0 Å². The number of fused-ring (bicyclic) bond motifs is 1. The standard InChI is InChI=1S/C29H49NO6Si/c1-18(2)30(19(3)4)26(32)35-25-21-13-23(31)20(5)22(21)14-29(16-33-28(9,10)34-17-29)15-24(25)36-37(11,12)27(6,7)8/h18-19,24H,13-17H2,1-12H3. The van der Waals surface area contributed by atoms with Crippen LogP contribution in [0.25, 0.3) is 0 Å². The quantitative estimate of drug-likeness (QED) is 0.363. The van der Waals surface area contributed by atoms with Crippen LogP contribution in [0.2, 0.25) is 18.1 Å². The number of rotatable bonds is 5. The summed E-state index contributed by atoms with van der Waals surface area (Å²) >= 11 is 0. The highest BCUT2D eigenvalue weighted by atomic mass is 28.4. The summed E-state index contributed by atoms with van der Waals surface area (Å²) in [5, 5.41) is -0.0458. The van der Waals surface area contributed by atoms with E-state index in [0.717, 1.165) is 16.7 Å². The molecule has 1 amide bonds. The maximum Gasteiger partial charge on any atom is 0.415 e. The number of allylic oxidation sites excluding steroid dienone is 3. The van der Waals surface area contributed by atoms with Crippen LogP contribution in [0.3, 0.4) is 0 Å². The molecule has 0 saturated carbocycles. The molecule has 1 spiro atoms. The zero-order chi connectivity index (χ0) is 28.1. The average molecular weight is 536 g/mol. The number of hydrogen-bond donors (Lipinski definition) is 0. The SMILES string of the molecule is CC1=C2CC3(COC(C)(C)OC3)CC(O[Si](C)(C)C(C)(C)C)C(OC(=O)N(C(C)C)C(C)C)=C2CC1=O. The summed E-state index contributed by atoms with van der Waals surface area (Å²) in [6, 6.07) is -0.0568. The number of amides is 1. The minimum absolute atomic E-state index is 0.0284. The molecule has 0 aromatic rings. The Morgan fingerprint density at radius 3 is 2.08 bits per heavy atom. The fourth-order valence-corrected chi connectivity index (χ4v) is 6.53. The molecular weight excluding hydrogens is 486 g/mol. The summed E-state index contributed by atoms with van der Waals surface area (Å²) in [6.45, 7) is 25.7. The van der Waals surface area contributed by atoms with Crippen LogP contribution in [0.1, 0.15) is 88.5 Å². The van der Waals surface area contributed by atoms with Gasteiger partial charge < -0.3 is 23.5 Å². The van der Waals surface area contributed by atoms with Gasteiger partial charge in [0.2, 0.25) is 0 Å². The van der Waals surface area contributed by atoms with Crippen LogP contribution >= 0.6 is 0 Å². The second kappa shape index (κ2) is 10.2. The summed E-state index contributed by atoms with van der Waals surface area (Å²) in [7, 11) is -2.29. The molecule has 0 N–H and O–H groups in total. The molecule has 8 heteroatoms. The van der Waals surface area contributed by atoms with E-state index in [9.17, 15) is 9.59 Å². The molecule has 1 aliphatic heterocycles. The number of carbonyl (C=O) groups is 2. The number of hydrogen-bond acceptors (Lipinski definition) is 6. The Bertz CT molecular complexity index is 967. The summed E-state index contributed by atoms with van der Waals surface area (Å²) in [5.74, 6) is -0.0877. The Hall–Kier alpha value is -1.48. The number of nitrogens with zero attached hydrogens (tertiary/aromatic N) is 1. The third-order valence-corrected chi connectivity index (χ3v) is 13.0. The first-order valence-electron chi connectivity index (χ1n) is 13.7. The third-order valence-electron chi connectivity index (χ3n) is 8.55. The van der Waals surface area contributed by atoms with Gasteiger partial charge in [-0.15, -0.1) is 0 Å². The van der Waals surface area contributed by atoms with Crippen LogP contribution in [-0.2, 0) is 23.4 Å². The highest BCUT2D eigenvalue weighted by Crippen LogP contribution is 2.51. The van der Waals surface area contributed by atoms with Gasteiger partial charge in [0, 0.05) is 29.5 Å². The zero-order valence-electron chi connectivity index (χ0n) is 25.2. The molecule has 0 aromatic heterocycles. The predicted octanol–water partition coefficient (Wildman–Crippen LogP) is 6.74. The molecule has 37 heavy (non-hydrogen) atoms. The van der Waals surface area contributed by atoms with E-state index in [-0.39, 0.29) is 34.7 Å². The predicted molar refractivity (Wildman–Crippen MR) is 148 cm³/mol. The maximum atomic E-state index is 13.6. The highest BCUT2D eigenvalue weighted by Gasteiger charge is 2.51. The van der Waals surface area contributed by atoms with Crippen molar-refractivity contribution in [2.45, 2.75) is 131 Å². The van der Waals surface area contributed by atoms with Crippen molar-refractivity contribution < 1.29 is 28.2 Å². The van der Waals surface area contributed by atoms with Crippen molar-refractivity contribution in [3.63, 3.8) is 0 Å². The van der Waals surface area contributed by atoms with E-state index in [4.69, 9.17) is 18.6 Å². The first-order chi connectivity index (χ1) is 16.8. The lowest BCUT2D eigenvalue weighted by atomic mass is 9.78. The summed E-state index contributed by atoms with van der Waals surface area (Å²) in [6.07, 6.45) is 0.572. The van der Waals surface area contributed by atoms with Gasteiger partial charge in [0.15, 0.2) is 19.9 Å². The second-order valence-electron chi connectivity index (χ2n) is 13.7. The lowest BCUT2D eigenvalue weighted by molar-refractivity contribution is -0.288. The lowest BCUT2D eigenvalue weighted by Crippen LogP contribution is -2.51. The van der Waals surface area contributed by atoms with E-state index in [0.29, 0.717) is 31.8 Å². The molecule has 3 aliphatic rings. The molecule has 1 fully saturated rings. The van der Waals surface area contributed by atoms with Crippen molar-refractivity contribution in [2.75, 3.05) is 13.2 Å². The number of Topliss-reactive ketones (excluding diaryl/α,β-unsaturated/α-hetero) is 1. The number of carbonyl (C=O) groups excluding carboxylic acids is 2. The Balaban J connectivity index is 2.14. The van der Waals surface area contributed by atoms with E-state index in [1.807, 2.05) is 48.5 Å². The van der Waals surface area contributed by atoms with E-state index < -0.39 is 26.3 Å². The Labute approximate surface area is 225 Å². The van der Waals surface area contributed by atoms with Gasteiger partial charge in [0.25, 0.3) is 0 Å². The van der Waals surface area contributed by atoms with Gasteiger partial charge >= 0.3 is 6.09 Å². The Morgan fingerprint density at radius 1 is 1.05 bits per heavy atom. The van der Waals surface area contributed by atoms with Gasteiger partial charge in [-0.3, -0.25) is 4.79 Å². The third kappa shape index (κ3) is 6.23. The van der Waals surface area contributed by atoms with Crippen molar-refractivity contribution in [3.05, 3.63) is 22.5 Å². The van der Waals surface area contributed by atoms with E-state index in [2.05, 4.69) is 33.9 Å². The van der Waals surface area contributed by atoms with Crippen LogP contribution in [0, 0.1) is 5.41 Å². The monoisotopic (exact) mass is 535 g/mol. The first-order valence-corrected chi connectivity index (χ1v) is 16.6. The molecule has 0 aromatic carbocycles. The molecule has 0 radical (unpaired) electrons. The van der Waals surface area contributed by atoms with Gasteiger partial charge in [-0.25, -0.2) is 4.79 Å². The Kier molecular flexibility index (Phi) is 8.33. The van der Waals surface area contributed by atoms with Crippen LogP contribution in [0.4, 0.5) is 4.79 Å². The number of ketones is 1. The van der Waals surface area contributed by atoms with Gasteiger partial charge in [0.1, 0.15) is 11.9 Å². The smallest absolute Gasteiger partial charge is 0.412 e. The second-order valence-corrected chi connectivity index (χ2v) is 18.5. The van der Waals surface area contributed by atoms with Gasteiger partial charge in [-0.05, 0) is 90.6 Å². The van der Waals surface area contributed by atoms with Crippen molar-refractivity contribution in [3.8, 4) is 0 Å². The average Bonchev–Trinajstić information content (AvgIpc) is 2.93. The van der Waals surface area contributed by atoms with Crippen LogP contribution in [-0.4, -0.2) is 62.3 Å². The van der Waals surface area contributed by atoms with Crippen LogP contribution in [0.5, 0.6) is 0 Å². The van der Waals surface area contributed by atoms with Crippen LogP contribution < -0.4 is 0 Å². The molecule has 3 rings (SSSR count). The summed E-state index contributed by atoms with van der Waals surface area (Å²) in [5.41, 5.74) is 2.12. The summed E-state index contributed by atoms with van der Waals surface area (Å²) in [4.78, 5) is 28.4. The molecular formula is C29H49NO6Si. The Morgan fingerprint density at radius 2 is 1.59 bits per heavy atom. The molecule has 1 heterocycles.